The smallest absolute Gasteiger partial charge is 0.326 e. The van der Waals surface area contributed by atoms with E-state index in [9.17, 15) is 9.90 Å². The second-order valence-electron chi connectivity index (χ2n) is 3.59. The van der Waals surface area contributed by atoms with Gasteiger partial charge in [-0.3, -0.25) is 4.79 Å². The highest BCUT2D eigenvalue weighted by atomic mass is 16.4. The quantitative estimate of drug-likeness (QED) is 0.653. The number of nitrogens with two attached hydrogens (primary N) is 1. The molecule has 0 aliphatic heterocycles. The van der Waals surface area contributed by atoms with Crippen molar-refractivity contribution in [1.29, 1.82) is 0 Å². The predicted octanol–water partition coefficient (Wildman–Crippen LogP) is 0.144. The average Bonchev–Trinajstić information content (AvgIpc) is 3.01. The number of carboxylic acid groups (broad SMARTS) is 1. The van der Waals surface area contributed by atoms with Crippen LogP contribution < -0.4 is 5.73 Å². The number of rotatable bonds is 3. The minimum atomic E-state index is -1.30. The van der Waals surface area contributed by atoms with E-state index < -0.39 is 12.0 Å². The maximum absolute atomic E-state index is 10.7. The van der Waals surface area contributed by atoms with Gasteiger partial charge in [0.2, 0.25) is 0 Å². The van der Waals surface area contributed by atoms with Crippen LogP contribution >= 0.6 is 0 Å². The van der Waals surface area contributed by atoms with Crippen LogP contribution in [0.1, 0.15) is 36.3 Å². The number of hydrogen-bond donors (Lipinski definition) is 3. The fourth-order valence-electron chi connectivity index (χ4n) is 1.29. The van der Waals surface area contributed by atoms with Gasteiger partial charge < -0.3 is 15.9 Å². The van der Waals surface area contributed by atoms with Crippen LogP contribution in [0.25, 0.3) is 0 Å². The molecule has 0 bridgehead atoms. The summed E-state index contributed by atoms with van der Waals surface area (Å²) in [6.45, 7) is 0. The summed E-state index contributed by atoms with van der Waals surface area (Å²) in [7, 11) is 0. The van der Waals surface area contributed by atoms with E-state index in [-0.39, 0.29) is 11.4 Å². The summed E-state index contributed by atoms with van der Waals surface area (Å²) in [6, 6.07) is -1.30. The standard InChI is InChI=1S/C9H11N3O3/c10-6(9(14)15)7-5(13)3-11-8(12-7)4-1-2-4/h3-4,6,13H,1-2,10H2,(H,14,15). The molecule has 1 aromatic heterocycles. The molecule has 0 spiro atoms. The molecule has 1 aromatic rings. The Morgan fingerprint density at radius 2 is 2.27 bits per heavy atom. The van der Waals surface area contributed by atoms with Gasteiger partial charge in [-0.1, -0.05) is 0 Å². The number of hydrogen-bond acceptors (Lipinski definition) is 5. The van der Waals surface area contributed by atoms with Crippen molar-refractivity contribution >= 4 is 5.97 Å². The summed E-state index contributed by atoms with van der Waals surface area (Å²) in [6.07, 6.45) is 3.22. The van der Waals surface area contributed by atoms with Crippen molar-refractivity contribution in [2.75, 3.05) is 0 Å². The predicted molar refractivity (Wildman–Crippen MR) is 50.2 cm³/mol. The summed E-state index contributed by atoms with van der Waals surface area (Å²) < 4.78 is 0. The lowest BCUT2D eigenvalue weighted by molar-refractivity contribution is -0.138. The largest absolute Gasteiger partial charge is 0.504 e. The van der Waals surface area contributed by atoms with Crippen molar-refractivity contribution in [2.45, 2.75) is 24.8 Å². The molecular formula is C9H11N3O3. The van der Waals surface area contributed by atoms with E-state index in [1.54, 1.807) is 0 Å². The van der Waals surface area contributed by atoms with Gasteiger partial charge in [-0.05, 0) is 12.8 Å². The minimum Gasteiger partial charge on any atom is -0.504 e. The normalized spacial score (nSPS) is 17.4. The summed E-state index contributed by atoms with van der Waals surface area (Å²) in [5, 5.41) is 18.1. The summed E-state index contributed by atoms with van der Waals surface area (Å²) in [4.78, 5) is 18.6. The highest BCUT2D eigenvalue weighted by Crippen LogP contribution is 2.38. The maximum atomic E-state index is 10.7. The van der Waals surface area contributed by atoms with Gasteiger partial charge in [0, 0.05) is 5.92 Å². The molecule has 1 saturated carbocycles. The van der Waals surface area contributed by atoms with Crippen LogP contribution in [0.15, 0.2) is 6.20 Å². The van der Waals surface area contributed by atoms with Gasteiger partial charge in [0.15, 0.2) is 5.75 Å². The van der Waals surface area contributed by atoms with E-state index in [0.29, 0.717) is 11.7 Å². The third kappa shape index (κ3) is 1.89. The lowest BCUT2D eigenvalue weighted by Gasteiger charge is -2.08. The Hall–Kier alpha value is -1.69. The molecule has 1 atom stereocenters. The van der Waals surface area contributed by atoms with Crippen LogP contribution in [-0.4, -0.2) is 26.2 Å². The molecule has 2 rings (SSSR count). The van der Waals surface area contributed by atoms with Gasteiger partial charge in [0.05, 0.1) is 6.20 Å². The van der Waals surface area contributed by atoms with Crippen LogP contribution in [0.2, 0.25) is 0 Å². The number of aromatic nitrogens is 2. The van der Waals surface area contributed by atoms with E-state index in [0.717, 1.165) is 12.8 Å². The minimum absolute atomic E-state index is 0.0144. The topological polar surface area (TPSA) is 109 Å². The lowest BCUT2D eigenvalue weighted by Crippen LogP contribution is -2.22. The molecule has 4 N–H and O–H groups in total. The van der Waals surface area contributed by atoms with Gasteiger partial charge in [-0.15, -0.1) is 0 Å². The third-order valence-corrected chi connectivity index (χ3v) is 2.32. The number of nitrogens with zero attached hydrogens (tertiary/aromatic N) is 2. The first-order valence-electron chi connectivity index (χ1n) is 4.63. The second-order valence-corrected chi connectivity index (χ2v) is 3.59. The zero-order valence-electron chi connectivity index (χ0n) is 7.92. The zero-order chi connectivity index (χ0) is 11.0. The van der Waals surface area contributed by atoms with Crippen molar-refractivity contribution in [1.82, 2.24) is 9.97 Å². The van der Waals surface area contributed by atoms with Crippen molar-refractivity contribution in [3.8, 4) is 5.75 Å². The van der Waals surface area contributed by atoms with Gasteiger partial charge >= 0.3 is 5.97 Å². The molecule has 1 aliphatic carbocycles. The molecule has 80 valence electrons. The van der Waals surface area contributed by atoms with Crippen LogP contribution in [-0.2, 0) is 4.79 Å². The van der Waals surface area contributed by atoms with E-state index >= 15 is 0 Å². The Morgan fingerprint density at radius 1 is 1.60 bits per heavy atom. The van der Waals surface area contributed by atoms with Crippen molar-refractivity contribution in [3.05, 3.63) is 17.7 Å². The molecular weight excluding hydrogens is 198 g/mol. The van der Waals surface area contributed by atoms with Gasteiger partial charge in [-0.2, -0.15) is 0 Å². The van der Waals surface area contributed by atoms with E-state index in [1.807, 2.05) is 0 Å². The fourth-order valence-corrected chi connectivity index (χ4v) is 1.29. The number of aromatic hydroxyl groups is 1. The Morgan fingerprint density at radius 3 is 2.80 bits per heavy atom. The Bertz CT molecular complexity index is 404. The van der Waals surface area contributed by atoms with Crippen LogP contribution in [0.5, 0.6) is 5.75 Å². The van der Waals surface area contributed by atoms with Gasteiger partial charge in [0.1, 0.15) is 17.6 Å². The first-order chi connectivity index (χ1) is 7.09. The molecule has 0 amide bonds. The molecule has 0 radical (unpaired) electrons. The van der Waals surface area contributed by atoms with Crippen LogP contribution in [0.3, 0.4) is 0 Å². The fraction of sp³-hybridized carbons (Fsp3) is 0.444. The van der Waals surface area contributed by atoms with Crippen molar-refractivity contribution < 1.29 is 15.0 Å². The molecule has 1 unspecified atom stereocenters. The lowest BCUT2D eigenvalue weighted by atomic mass is 10.2. The molecule has 1 heterocycles. The van der Waals surface area contributed by atoms with Gasteiger partial charge in [0.25, 0.3) is 0 Å². The average molecular weight is 209 g/mol. The van der Waals surface area contributed by atoms with Crippen molar-refractivity contribution in [2.24, 2.45) is 5.73 Å². The number of carboxylic acids is 1. The highest BCUT2D eigenvalue weighted by Gasteiger charge is 2.29. The molecule has 6 nitrogen and oxygen atoms in total. The van der Waals surface area contributed by atoms with Crippen LogP contribution in [0, 0.1) is 0 Å². The third-order valence-electron chi connectivity index (χ3n) is 2.32. The Kier molecular flexibility index (Phi) is 2.28. The first-order valence-corrected chi connectivity index (χ1v) is 4.63. The monoisotopic (exact) mass is 209 g/mol. The van der Waals surface area contributed by atoms with E-state index in [2.05, 4.69) is 9.97 Å². The molecule has 6 heteroatoms. The number of carbonyl (C=O) groups is 1. The zero-order valence-corrected chi connectivity index (χ0v) is 7.92. The van der Waals surface area contributed by atoms with Crippen molar-refractivity contribution in [3.63, 3.8) is 0 Å². The Balaban J connectivity index is 2.35. The van der Waals surface area contributed by atoms with Crippen LogP contribution in [0.4, 0.5) is 0 Å². The van der Waals surface area contributed by atoms with E-state index in [4.69, 9.17) is 10.8 Å². The second kappa shape index (κ2) is 3.47. The maximum Gasteiger partial charge on any atom is 0.326 e. The first kappa shape index (κ1) is 9.85. The summed E-state index contributed by atoms with van der Waals surface area (Å²) in [5.41, 5.74) is 5.36. The SMILES string of the molecule is NC(C(=O)O)c1nc(C2CC2)ncc1O. The summed E-state index contributed by atoms with van der Waals surface area (Å²) >= 11 is 0. The van der Waals surface area contributed by atoms with E-state index in [1.165, 1.54) is 6.20 Å². The molecule has 1 aliphatic rings. The molecule has 1 fully saturated rings. The highest BCUT2D eigenvalue weighted by molar-refractivity contribution is 5.75. The van der Waals surface area contributed by atoms with Gasteiger partial charge in [-0.25, -0.2) is 9.97 Å². The summed E-state index contributed by atoms with van der Waals surface area (Å²) in [5.74, 6) is -0.620. The number of aliphatic carboxylic acids is 1. The Labute approximate surface area is 85.8 Å². The molecule has 0 saturated heterocycles. The molecule has 0 aromatic carbocycles. The molecule has 15 heavy (non-hydrogen) atoms.